The van der Waals surface area contributed by atoms with E-state index in [-0.39, 0.29) is 0 Å². The van der Waals surface area contributed by atoms with Crippen LogP contribution in [0.1, 0.15) is 52.4 Å². The lowest BCUT2D eigenvalue weighted by Gasteiger charge is -2.43. The molecular weight excluding hydrogens is 196 g/mol. The second kappa shape index (κ2) is 6.02. The minimum absolute atomic E-state index is 0.803. The third kappa shape index (κ3) is 3.21. The SMILES string of the molecule is CC(C)CC1CNCCN1C1CCCCC1. The van der Waals surface area contributed by atoms with E-state index in [4.69, 9.17) is 0 Å². The Balaban J connectivity index is 1.92. The average Bonchev–Trinajstić information content (AvgIpc) is 2.30. The summed E-state index contributed by atoms with van der Waals surface area (Å²) in [5, 5.41) is 3.57. The van der Waals surface area contributed by atoms with E-state index in [0.717, 1.165) is 18.0 Å². The number of piperazine rings is 1. The Labute approximate surface area is 101 Å². The molecular formula is C14H28N2. The van der Waals surface area contributed by atoms with Gasteiger partial charge in [0, 0.05) is 31.7 Å². The Kier molecular flexibility index (Phi) is 4.66. The second-order valence-corrected chi connectivity index (χ2v) is 6.02. The van der Waals surface area contributed by atoms with Crippen LogP contribution in [0.3, 0.4) is 0 Å². The number of nitrogens with zero attached hydrogens (tertiary/aromatic N) is 1. The quantitative estimate of drug-likeness (QED) is 0.793. The molecule has 1 saturated heterocycles. The first-order chi connectivity index (χ1) is 7.77. The Morgan fingerprint density at radius 1 is 1.19 bits per heavy atom. The molecule has 2 rings (SSSR count). The molecule has 0 aromatic carbocycles. The van der Waals surface area contributed by atoms with E-state index < -0.39 is 0 Å². The van der Waals surface area contributed by atoms with Crippen LogP contribution in [-0.4, -0.2) is 36.6 Å². The summed E-state index contributed by atoms with van der Waals surface area (Å²) in [6, 6.07) is 1.71. The minimum Gasteiger partial charge on any atom is -0.314 e. The highest BCUT2D eigenvalue weighted by molar-refractivity contribution is 4.86. The summed E-state index contributed by atoms with van der Waals surface area (Å²) in [6.07, 6.45) is 8.66. The van der Waals surface area contributed by atoms with Gasteiger partial charge in [-0.05, 0) is 25.2 Å². The van der Waals surface area contributed by atoms with E-state index in [1.54, 1.807) is 0 Å². The van der Waals surface area contributed by atoms with Crippen LogP contribution in [0.4, 0.5) is 0 Å². The zero-order chi connectivity index (χ0) is 11.4. The van der Waals surface area contributed by atoms with Crippen LogP contribution < -0.4 is 5.32 Å². The fourth-order valence-electron chi connectivity index (χ4n) is 3.43. The maximum absolute atomic E-state index is 3.57. The van der Waals surface area contributed by atoms with Crippen molar-refractivity contribution in [2.75, 3.05) is 19.6 Å². The molecule has 0 spiro atoms. The molecule has 2 fully saturated rings. The Morgan fingerprint density at radius 2 is 1.94 bits per heavy atom. The average molecular weight is 224 g/mol. The Morgan fingerprint density at radius 3 is 2.62 bits per heavy atom. The van der Waals surface area contributed by atoms with Gasteiger partial charge in [-0.25, -0.2) is 0 Å². The van der Waals surface area contributed by atoms with Crippen LogP contribution in [0.25, 0.3) is 0 Å². The zero-order valence-electron chi connectivity index (χ0n) is 11.0. The van der Waals surface area contributed by atoms with E-state index in [1.807, 2.05) is 0 Å². The molecule has 0 radical (unpaired) electrons. The minimum atomic E-state index is 0.803. The van der Waals surface area contributed by atoms with Gasteiger partial charge in [-0.3, -0.25) is 4.90 Å². The molecule has 94 valence electrons. The second-order valence-electron chi connectivity index (χ2n) is 6.02. The largest absolute Gasteiger partial charge is 0.314 e. The van der Waals surface area contributed by atoms with Crippen LogP contribution in [0, 0.1) is 5.92 Å². The monoisotopic (exact) mass is 224 g/mol. The van der Waals surface area contributed by atoms with Crippen molar-refractivity contribution in [3.63, 3.8) is 0 Å². The molecule has 2 heteroatoms. The van der Waals surface area contributed by atoms with E-state index in [1.165, 1.54) is 58.2 Å². The van der Waals surface area contributed by atoms with E-state index >= 15 is 0 Å². The van der Waals surface area contributed by atoms with Gasteiger partial charge in [-0.15, -0.1) is 0 Å². The molecule has 1 aliphatic heterocycles. The Bertz CT molecular complexity index is 197. The van der Waals surface area contributed by atoms with Crippen LogP contribution in [0.5, 0.6) is 0 Å². The molecule has 1 aliphatic carbocycles. The molecule has 2 nitrogen and oxygen atoms in total. The van der Waals surface area contributed by atoms with Gasteiger partial charge in [-0.1, -0.05) is 33.1 Å². The van der Waals surface area contributed by atoms with Crippen LogP contribution in [-0.2, 0) is 0 Å². The van der Waals surface area contributed by atoms with Gasteiger partial charge in [0.25, 0.3) is 0 Å². The highest BCUT2D eigenvalue weighted by Crippen LogP contribution is 2.26. The standard InChI is InChI=1S/C14H28N2/c1-12(2)10-14-11-15-8-9-16(14)13-6-4-3-5-7-13/h12-15H,3-11H2,1-2H3. The normalized spacial score (nSPS) is 29.8. The first kappa shape index (κ1) is 12.4. The van der Waals surface area contributed by atoms with Crippen molar-refractivity contribution < 1.29 is 0 Å². The molecule has 1 heterocycles. The summed E-state index contributed by atoms with van der Waals surface area (Å²) in [6.45, 7) is 8.41. The van der Waals surface area contributed by atoms with Gasteiger partial charge >= 0.3 is 0 Å². The first-order valence-corrected chi connectivity index (χ1v) is 7.24. The van der Waals surface area contributed by atoms with Gasteiger partial charge in [0.15, 0.2) is 0 Å². The summed E-state index contributed by atoms with van der Waals surface area (Å²) < 4.78 is 0. The van der Waals surface area contributed by atoms with Crippen LogP contribution in [0.2, 0.25) is 0 Å². The molecule has 2 aliphatic rings. The van der Waals surface area contributed by atoms with Crippen molar-refractivity contribution in [1.29, 1.82) is 0 Å². The van der Waals surface area contributed by atoms with Gasteiger partial charge in [-0.2, -0.15) is 0 Å². The summed E-state index contributed by atoms with van der Waals surface area (Å²) >= 11 is 0. The summed E-state index contributed by atoms with van der Waals surface area (Å²) in [7, 11) is 0. The maximum Gasteiger partial charge on any atom is 0.0226 e. The van der Waals surface area contributed by atoms with Crippen molar-refractivity contribution in [2.45, 2.75) is 64.5 Å². The topological polar surface area (TPSA) is 15.3 Å². The van der Waals surface area contributed by atoms with Crippen molar-refractivity contribution in [3.8, 4) is 0 Å². The molecule has 1 N–H and O–H groups in total. The molecule has 0 bridgehead atoms. The van der Waals surface area contributed by atoms with Gasteiger partial charge in [0.1, 0.15) is 0 Å². The predicted octanol–water partition coefficient (Wildman–Crippen LogP) is 2.64. The summed E-state index contributed by atoms with van der Waals surface area (Å²) in [5.41, 5.74) is 0. The molecule has 1 unspecified atom stereocenters. The molecule has 0 aromatic rings. The number of hydrogen-bond donors (Lipinski definition) is 1. The predicted molar refractivity (Wildman–Crippen MR) is 69.7 cm³/mol. The molecule has 1 atom stereocenters. The maximum atomic E-state index is 3.57. The first-order valence-electron chi connectivity index (χ1n) is 7.24. The van der Waals surface area contributed by atoms with Crippen molar-refractivity contribution in [2.24, 2.45) is 5.92 Å². The number of hydrogen-bond acceptors (Lipinski definition) is 2. The lowest BCUT2D eigenvalue weighted by atomic mass is 9.91. The summed E-state index contributed by atoms with van der Waals surface area (Å²) in [4.78, 5) is 2.83. The van der Waals surface area contributed by atoms with E-state index in [2.05, 4.69) is 24.1 Å². The van der Waals surface area contributed by atoms with Crippen molar-refractivity contribution >= 4 is 0 Å². The van der Waals surface area contributed by atoms with Gasteiger partial charge in [0.2, 0.25) is 0 Å². The molecule has 0 amide bonds. The highest BCUT2D eigenvalue weighted by atomic mass is 15.2. The van der Waals surface area contributed by atoms with E-state index in [0.29, 0.717) is 0 Å². The van der Waals surface area contributed by atoms with Gasteiger partial charge in [0.05, 0.1) is 0 Å². The van der Waals surface area contributed by atoms with Crippen molar-refractivity contribution in [3.05, 3.63) is 0 Å². The van der Waals surface area contributed by atoms with Crippen LogP contribution >= 0.6 is 0 Å². The number of nitrogens with one attached hydrogen (secondary N) is 1. The molecule has 16 heavy (non-hydrogen) atoms. The smallest absolute Gasteiger partial charge is 0.0226 e. The van der Waals surface area contributed by atoms with Gasteiger partial charge < -0.3 is 5.32 Å². The fraction of sp³-hybridized carbons (Fsp3) is 1.00. The highest BCUT2D eigenvalue weighted by Gasteiger charge is 2.29. The molecule has 0 aromatic heterocycles. The van der Waals surface area contributed by atoms with Crippen LogP contribution in [0.15, 0.2) is 0 Å². The third-order valence-corrected chi connectivity index (χ3v) is 4.18. The Hall–Kier alpha value is -0.0800. The fourth-order valence-corrected chi connectivity index (χ4v) is 3.43. The van der Waals surface area contributed by atoms with E-state index in [9.17, 15) is 0 Å². The summed E-state index contributed by atoms with van der Waals surface area (Å²) in [5.74, 6) is 0.830. The van der Waals surface area contributed by atoms with Crippen molar-refractivity contribution in [1.82, 2.24) is 10.2 Å². The zero-order valence-corrected chi connectivity index (χ0v) is 11.0. The third-order valence-electron chi connectivity index (χ3n) is 4.18. The number of rotatable bonds is 3. The molecule has 1 saturated carbocycles. The lowest BCUT2D eigenvalue weighted by Crippen LogP contribution is -2.55. The lowest BCUT2D eigenvalue weighted by molar-refractivity contribution is 0.0708.